The predicted molar refractivity (Wildman–Crippen MR) is 111 cm³/mol. The molecule has 1 saturated heterocycles. The molecular weight excluding hydrogens is 434 g/mol. The van der Waals surface area contributed by atoms with E-state index in [0.717, 1.165) is 21.1 Å². The van der Waals surface area contributed by atoms with Gasteiger partial charge in [-0.1, -0.05) is 11.3 Å². The third-order valence-corrected chi connectivity index (χ3v) is 6.23. The second-order valence-electron chi connectivity index (χ2n) is 7.15. The first-order valence-corrected chi connectivity index (χ1v) is 10.6. The second kappa shape index (κ2) is 8.70. The lowest BCUT2D eigenvalue weighted by Gasteiger charge is -2.31. The molecule has 0 radical (unpaired) electrons. The van der Waals surface area contributed by atoms with Crippen LogP contribution in [0.4, 0.5) is 28.4 Å². The van der Waals surface area contributed by atoms with Gasteiger partial charge >= 0.3 is 0 Å². The molecule has 4 rings (SSSR count). The molecule has 5 nitrogen and oxygen atoms in total. The summed E-state index contributed by atoms with van der Waals surface area (Å²) in [5, 5.41) is 2.82. The van der Waals surface area contributed by atoms with Crippen molar-refractivity contribution in [1.82, 2.24) is 4.98 Å². The zero-order valence-electron chi connectivity index (χ0n) is 16.6. The van der Waals surface area contributed by atoms with Crippen LogP contribution in [0.3, 0.4) is 0 Å². The number of fused-ring (bicyclic) bond motifs is 1. The number of nitrogens with one attached hydrogen (secondary N) is 1. The van der Waals surface area contributed by atoms with E-state index in [2.05, 4.69) is 4.98 Å². The Morgan fingerprint density at radius 1 is 1.16 bits per heavy atom. The number of nitrogens with zero attached hydrogens (tertiary/aromatic N) is 2. The fourth-order valence-electron chi connectivity index (χ4n) is 3.53. The van der Waals surface area contributed by atoms with E-state index >= 15 is 0 Å². The van der Waals surface area contributed by atoms with Crippen molar-refractivity contribution in [2.24, 2.45) is 5.92 Å². The van der Waals surface area contributed by atoms with Gasteiger partial charge in [0, 0.05) is 25.1 Å². The molecule has 3 aromatic rings. The Morgan fingerprint density at radius 3 is 2.48 bits per heavy atom. The Hall–Kier alpha value is -2.88. The maximum Gasteiger partial charge on any atom is 0.227 e. The number of carbonyl (C=O) groups is 1. The molecular formula is C21H19F4N3O2S. The van der Waals surface area contributed by atoms with Crippen LogP contribution in [0, 0.1) is 29.2 Å². The van der Waals surface area contributed by atoms with Crippen molar-refractivity contribution in [2.75, 3.05) is 29.9 Å². The molecule has 1 fully saturated rings. The van der Waals surface area contributed by atoms with Crippen LogP contribution in [0.25, 0.3) is 10.2 Å². The summed E-state index contributed by atoms with van der Waals surface area (Å²) in [7, 11) is 0. The summed E-state index contributed by atoms with van der Waals surface area (Å²) in [6.45, 7) is 3.51. The van der Waals surface area contributed by atoms with Crippen molar-refractivity contribution >= 4 is 38.3 Å². The zero-order chi connectivity index (χ0) is 22.1. The van der Waals surface area contributed by atoms with Crippen molar-refractivity contribution in [1.29, 1.82) is 0 Å². The number of hydrogen-bond donors (Lipinski definition) is 1. The van der Waals surface area contributed by atoms with Gasteiger partial charge in [0.05, 0.1) is 16.8 Å². The molecule has 1 N–H and O–H groups in total. The van der Waals surface area contributed by atoms with E-state index < -0.39 is 40.8 Å². The molecule has 1 aliphatic heterocycles. The molecule has 0 aliphatic carbocycles. The van der Waals surface area contributed by atoms with E-state index in [1.807, 2.05) is 35.3 Å². The summed E-state index contributed by atoms with van der Waals surface area (Å²) in [5.74, 6) is -6.81. The number of hydrogen-bond acceptors (Lipinski definition) is 5. The van der Waals surface area contributed by atoms with Gasteiger partial charge in [0.25, 0.3) is 0 Å². The molecule has 1 aliphatic rings. The summed E-state index contributed by atoms with van der Waals surface area (Å²) < 4.78 is 60.8. The first kappa shape index (κ1) is 21.4. The number of aromatic nitrogens is 1. The third kappa shape index (κ3) is 4.30. The Morgan fingerprint density at radius 2 is 1.84 bits per heavy atom. The van der Waals surface area contributed by atoms with Crippen LogP contribution in [0.5, 0.6) is 5.75 Å². The van der Waals surface area contributed by atoms with Gasteiger partial charge in [-0.05, 0) is 38.0 Å². The van der Waals surface area contributed by atoms with Gasteiger partial charge in [0.1, 0.15) is 11.4 Å². The first-order valence-electron chi connectivity index (χ1n) is 9.79. The lowest BCUT2D eigenvalue weighted by Crippen LogP contribution is -2.38. The number of ether oxygens (including phenoxy) is 1. The number of piperidine rings is 1. The summed E-state index contributed by atoms with van der Waals surface area (Å²) in [6, 6.07) is 5.79. The molecule has 0 bridgehead atoms. The Bertz CT molecular complexity index is 1100. The molecule has 0 unspecified atom stereocenters. The zero-order valence-corrected chi connectivity index (χ0v) is 17.4. The highest BCUT2D eigenvalue weighted by Gasteiger charge is 2.29. The molecule has 0 saturated carbocycles. The van der Waals surface area contributed by atoms with Crippen LogP contribution in [0.1, 0.15) is 19.8 Å². The quantitative estimate of drug-likeness (QED) is 0.431. The normalized spacial score (nSPS) is 14.8. The van der Waals surface area contributed by atoms with Crippen LogP contribution in [0.2, 0.25) is 0 Å². The van der Waals surface area contributed by atoms with Crippen LogP contribution >= 0.6 is 11.3 Å². The number of thiazole rings is 1. The topological polar surface area (TPSA) is 54.5 Å². The van der Waals surface area contributed by atoms with E-state index in [1.165, 1.54) is 11.3 Å². The highest BCUT2D eigenvalue weighted by Crippen LogP contribution is 2.34. The first-order chi connectivity index (χ1) is 14.9. The number of anilines is 2. The van der Waals surface area contributed by atoms with Gasteiger partial charge in [0.15, 0.2) is 28.4 Å². The Kier molecular flexibility index (Phi) is 5.99. The minimum absolute atomic E-state index is 0.105. The number of halogens is 4. The number of rotatable bonds is 5. The highest BCUT2D eigenvalue weighted by molar-refractivity contribution is 7.22. The fourth-order valence-corrected chi connectivity index (χ4v) is 4.57. The lowest BCUT2D eigenvalue weighted by molar-refractivity contribution is -0.120. The predicted octanol–water partition coefficient (Wildman–Crippen LogP) is 5.11. The van der Waals surface area contributed by atoms with Crippen LogP contribution < -0.4 is 15.0 Å². The third-order valence-electron chi connectivity index (χ3n) is 5.16. The molecule has 2 aromatic carbocycles. The monoisotopic (exact) mass is 453 g/mol. The standard InChI is InChI=1S/C21H19F4N3O2S/c1-2-30-12-3-4-15-16(9-12)31-21(26-15)28-7-5-11(6-8-28)20(29)27-19-17(24)13(22)10-14(23)18(19)25/h3-4,9-11H,2,5-8H2,1H3,(H,27,29). The minimum atomic E-state index is -1.62. The molecule has 2 heterocycles. The van der Waals surface area contributed by atoms with Crippen molar-refractivity contribution in [2.45, 2.75) is 19.8 Å². The van der Waals surface area contributed by atoms with Gasteiger partial charge in [-0.3, -0.25) is 4.79 Å². The number of benzene rings is 2. The SMILES string of the molecule is CCOc1ccc2nc(N3CCC(C(=O)Nc4c(F)c(F)cc(F)c4F)CC3)sc2c1. The molecule has 0 spiro atoms. The Labute approximate surface area is 179 Å². The van der Waals surface area contributed by atoms with Crippen molar-refractivity contribution in [3.8, 4) is 5.75 Å². The van der Waals surface area contributed by atoms with Crippen molar-refractivity contribution in [3.05, 3.63) is 47.5 Å². The second-order valence-corrected chi connectivity index (χ2v) is 8.16. The van der Waals surface area contributed by atoms with E-state index in [1.54, 1.807) is 0 Å². The minimum Gasteiger partial charge on any atom is -0.494 e. The van der Waals surface area contributed by atoms with E-state index in [0.29, 0.717) is 32.5 Å². The average molecular weight is 453 g/mol. The van der Waals surface area contributed by atoms with Gasteiger partial charge in [-0.15, -0.1) is 0 Å². The van der Waals surface area contributed by atoms with E-state index in [-0.39, 0.29) is 6.07 Å². The average Bonchev–Trinajstić information content (AvgIpc) is 3.19. The smallest absolute Gasteiger partial charge is 0.227 e. The molecule has 0 atom stereocenters. The van der Waals surface area contributed by atoms with Gasteiger partial charge in [0.2, 0.25) is 5.91 Å². The van der Waals surface area contributed by atoms with Gasteiger partial charge in [-0.2, -0.15) is 0 Å². The summed E-state index contributed by atoms with van der Waals surface area (Å²) >= 11 is 1.51. The van der Waals surface area contributed by atoms with Gasteiger partial charge in [-0.25, -0.2) is 22.5 Å². The number of amides is 1. The molecule has 1 amide bonds. The van der Waals surface area contributed by atoms with Gasteiger partial charge < -0.3 is 15.0 Å². The number of carbonyl (C=O) groups excluding carboxylic acids is 1. The maximum atomic E-state index is 13.8. The molecule has 1 aromatic heterocycles. The van der Waals surface area contributed by atoms with Crippen LogP contribution in [0.15, 0.2) is 24.3 Å². The summed E-state index contributed by atoms with van der Waals surface area (Å²) in [4.78, 5) is 19.1. The van der Waals surface area contributed by atoms with Crippen LogP contribution in [-0.4, -0.2) is 30.6 Å². The molecule has 10 heteroatoms. The van der Waals surface area contributed by atoms with Crippen LogP contribution in [-0.2, 0) is 4.79 Å². The van der Waals surface area contributed by atoms with E-state index in [4.69, 9.17) is 4.74 Å². The highest BCUT2D eigenvalue weighted by atomic mass is 32.1. The fraction of sp³-hybridized carbons (Fsp3) is 0.333. The summed E-state index contributed by atoms with van der Waals surface area (Å²) in [6.07, 6.45) is 0.819. The molecule has 164 valence electrons. The van der Waals surface area contributed by atoms with Crippen molar-refractivity contribution in [3.63, 3.8) is 0 Å². The maximum absolute atomic E-state index is 13.8. The largest absolute Gasteiger partial charge is 0.494 e. The molecule has 31 heavy (non-hydrogen) atoms. The van der Waals surface area contributed by atoms with Crippen molar-refractivity contribution < 1.29 is 27.1 Å². The van der Waals surface area contributed by atoms with E-state index in [9.17, 15) is 22.4 Å². The Balaban J connectivity index is 1.42. The summed E-state index contributed by atoms with van der Waals surface area (Å²) in [5.41, 5.74) is -0.247. The lowest BCUT2D eigenvalue weighted by atomic mass is 9.96.